The number of esters is 1. The van der Waals surface area contributed by atoms with Crippen molar-refractivity contribution in [1.29, 1.82) is 0 Å². The Hall–Kier alpha value is -2.45. The zero-order chi connectivity index (χ0) is 26.7. The summed E-state index contributed by atoms with van der Waals surface area (Å²) in [6.07, 6.45) is -0.439. The van der Waals surface area contributed by atoms with Crippen LogP contribution in [0.3, 0.4) is 0 Å². The van der Waals surface area contributed by atoms with Crippen LogP contribution in [0.15, 0.2) is 30.3 Å². The number of halogens is 6. The van der Waals surface area contributed by atoms with Crippen LogP contribution in [0.5, 0.6) is 11.5 Å². The van der Waals surface area contributed by atoms with E-state index >= 15 is 8.78 Å². The van der Waals surface area contributed by atoms with E-state index in [9.17, 15) is 22.4 Å². The molecule has 4 rings (SSSR count). The van der Waals surface area contributed by atoms with E-state index in [1.807, 2.05) is 0 Å². The van der Waals surface area contributed by atoms with Crippen LogP contribution in [0.4, 0.5) is 26.3 Å². The van der Waals surface area contributed by atoms with Gasteiger partial charge in [0.2, 0.25) is 0 Å². The van der Waals surface area contributed by atoms with E-state index in [0.717, 1.165) is 37.8 Å². The minimum atomic E-state index is -5.05. The van der Waals surface area contributed by atoms with Gasteiger partial charge >= 0.3 is 12.3 Å². The quantitative estimate of drug-likeness (QED) is 0.205. The molecule has 0 saturated heterocycles. The van der Waals surface area contributed by atoms with Gasteiger partial charge in [0.25, 0.3) is 0 Å². The van der Waals surface area contributed by atoms with Crippen LogP contribution >= 0.6 is 0 Å². The minimum absolute atomic E-state index is 0.0756. The van der Waals surface area contributed by atoms with Crippen LogP contribution in [-0.2, 0) is 4.79 Å². The lowest BCUT2D eigenvalue weighted by Crippen LogP contribution is -2.44. The molecule has 0 bridgehead atoms. The van der Waals surface area contributed by atoms with Gasteiger partial charge in [0.1, 0.15) is 24.0 Å². The highest BCUT2D eigenvalue weighted by Crippen LogP contribution is 2.44. The first-order valence-corrected chi connectivity index (χ1v) is 13.0. The van der Waals surface area contributed by atoms with Crippen LogP contribution in [-0.4, -0.2) is 24.7 Å². The Bertz CT molecular complexity index is 1070. The zero-order valence-corrected chi connectivity index (χ0v) is 20.7. The fourth-order valence-corrected chi connectivity index (χ4v) is 6.02. The molecule has 0 N–H and O–H groups in total. The van der Waals surface area contributed by atoms with Gasteiger partial charge in [0.15, 0.2) is 11.6 Å². The predicted octanol–water partition coefficient (Wildman–Crippen LogP) is 8.48. The maximum absolute atomic E-state index is 15.1. The molecule has 2 aliphatic carbocycles. The second kappa shape index (κ2) is 11.5. The second-order valence-electron chi connectivity index (χ2n) is 10.4. The topological polar surface area (TPSA) is 35.5 Å². The first-order valence-electron chi connectivity index (χ1n) is 13.0. The highest BCUT2D eigenvalue weighted by molar-refractivity contribution is 5.87. The SMILES string of the molecule is CCCCC1CCC(C2CC(F)C(C(=O)Oc3ccc4c(F)c(OC(F)(F)F)ccc4c3)C(F)C2)CC1. The van der Waals surface area contributed by atoms with Gasteiger partial charge in [-0.05, 0) is 73.1 Å². The van der Waals surface area contributed by atoms with Crippen molar-refractivity contribution in [3.05, 3.63) is 36.1 Å². The number of carbonyl (C=O) groups is 1. The summed E-state index contributed by atoms with van der Waals surface area (Å²) in [5.41, 5.74) is 0. The first kappa shape index (κ1) is 27.6. The first-order chi connectivity index (χ1) is 17.6. The third-order valence-electron chi connectivity index (χ3n) is 7.97. The number of ether oxygens (including phenoxy) is 2. The minimum Gasteiger partial charge on any atom is -0.426 e. The van der Waals surface area contributed by atoms with E-state index in [4.69, 9.17) is 4.74 Å². The van der Waals surface area contributed by atoms with Gasteiger partial charge in [0.05, 0.1) is 0 Å². The molecule has 2 atom stereocenters. The van der Waals surface area contributed by atoms with Gasteiger partial charge in [0, 0.05) is 5.39 Å². The van der Waals surface area contributed by atoms with E-state index in [1.165, 1.54) is 37.5 Å². The number of rotatable bonds is 7. The smallest absolute Gasteiger partial charge is 0.426 e. The molecule has 0 heterocycles. The Morgan fingerprint density at radius 3 is 2.27 bits per heavy atom. The molecule has 2 fully saturated rings. The zero-order valence-electron chi connectivity index (χ0n) is 20.7. The van der Waals surface area contributed by atoms with Gasteiger partial charge in [-0.2, -0.15) is 0 Å². The molecular weight excluding hydrogens is 498 g/mol. The summed E-state index contributed by atoms with van der Waals surface area (Å²) in [6, 6.07) is 5.52. The molecule has 204 valence electrons. The Labute approximate surface area is 212 Å². The summed E-state index contributed by atoms with van der Waals surface area (Å²) >= 11 is 0. The summed E-state index contributed by atoms with van der Waals surface area (Å²) in [6.45, 7) is 2.17. The maximum Gasteiger partial charge on any atom is 0.573 e. The summed E-state index contributed by atoms with van der Waals surface area (Å²) in [5.74, 6) is -4.01. The summed E-state index contributed by atoms with van der Waals surface area (Å²) < 4.78 is 90.8. The third kappa shape index (κ3) is 6.71. The lowest BCUT2D eigenvalue weighted by atomic mass is 9.67. The van der Waals surface area contributed by atoms with Gasteiger partial charge in [-0.3, -0.25) is 4.79 Å². The number of carbonyl (C=O) groups excluding carboxylic acids is 1. The number of alkyl halides is 5. The largest absolute Gasteiger partial charge is 0.573 e. The summed E-state index contributed by atoms with van der Waals surface area (Å²) in [4.78, 5) is 12.7. The molecule has 0 radical (unpaired) electrons. The molecule has 2 unspecified atom stereocenters. The molecule has 3 nitrogen and oxygen atoms in total. The molecule has 37 heavy (non-hydrogen) atoms. The number of unbranched alkanes of at least 4 members (excludes halogenated alkanes) is 1. The highest BCUT2D eigenvalue weighted by Gasteiger charge is 2.46. The third-order valence-corrected chi connectivity index (χ3v) is 7.97. The van der Waals surface area contributed by atoms with Crippen LogP contribution < -0.4 is 9.47 Å². The average molecular weight is 531 g/mol. The normalized spacial score (nSPS) is 28.7. The molecule has 2 saturated carbocycles. The Morgan fingerprint density at radius 2 is 1.65 bits per heavy atom. The highest BCUT2D eigenvalue weighted by atomic mass is 19.4. The van der Waals surface area contributed by atoms with Crippen molar-refractivity contribution in [2.24, 2.45) is 23.7 Å². The number of benzene rings is 2. The molecule has 0 amide bonds. The standard InChI is InChI=1S/C28H32F6O3/c1-2-3-4-16-5-7-17(8-6-16)19-14-22(29)25(23(30)15-19)27(35)36-20-10-11-21-18(13-20)9-12-24(26(21)31)37-28(32,33)34/h9-13,16-17,19,22-23,25H,2-8,14-15H2,1H3. The maximum atomic E-state index is 15.1. The number of fused-ring (bicyclic) bond motifs is 1. The Balaban J connectivity index is 1.37. The molecule has 2 aromatic rings. The molecular formula is C28H32F6O3. The van der Waals surface area contributed by atoms with Gasteiger partial charge in [-0.1, -0.05) is 45.1 Å². The van der Waals surface area contributed by atoms with Gasteiger partial charge in [-0.15, -0.1) is 13.2 Å². The van der Waals surface area contributed by atoms with E-state index in [-0.39, 0.29) is 41.2 Å². The monoisotopic (exact) mass is 530 g/mol. The van der Waals surface area contributed by atoms with Crippen molar-refractivity contribution in [1.82, 2.24) is 0 Å². The van der Waals surface area contributed by atoms with Crippen molar-refractivity contribution >= 4 is 16.7 Å². The van der Waals surface area contributed by atoms with Crippen molar-refractivity contribution in [2.45, 2.75) is 83.4 Å². The molecule has 0 aliphatic heterocycles. The fourth-order valence-electron chi connectivity index (χ4n) is 6.02. The second-order valence-corrected chi connectivity index (χ2v) is 10.4. The van der Waals surface area contributed by atoms with E-state index < -0.39 is 42.2 Å². The van der Waals surface area contributed by atoms with Crippen molar-refractivity contribution < 1.29 is 40.6 Å². The molecule has 0 aromatic heterocycles. The summed E-state index contributed by atoms with van der Waals surface area (Å²) in [7, 11) is 0. The summed E-state index contributed by atoms with van der Waals surface area (Å²) in [5, 5.41) is -0.0395. The number of hydrogen-bond acceptors (Lipinski definition) is 3. The van der Waals surface area contributed by atoms with E-state index in [1.54, 1.807) is 0 Å². The van der Waals surface area contributed by atoms with Crippen LogP contribution in [0.2, 0.25) is 0 Å². The Kier molecular flexibility index (Phi) is 8.59. The number of hydrogen-bond donors (Lipinski definition) is 0. The average Bonchev–Trinajstić information content (AvgIpc) is 2.83. The van der Waals surface area contributed by atoms with Gasteiger partial charge < -0.3 is 9.47 Å². The lowest BCUT2D eigenvalue weighted by Gasteiger charge is -2.40. The van der Waals surface area contributed by atoms with Crippen molar-refractivity contribution in [3.8, 4) is 11.5 Å². The van der Waals surface area contributed by atoms with Crippen molar-refractivity contribution in [2.75, 3.05) is 0 Å². The van der Waals surface area contributed by atoms with E-state index in [0.29, 0.717) is 5.92 Å². The molecule has 2 aromatic carbocycles. The van der Waals surface area contributed by atoms with Gasteiger partial charge in [-0.25, -0.2) is 13.2 Å². The lowest BCUT2D eigenvalue weighted by molar-refractivity contribution is -0.275. The molecule has 0 spiro atoms. The molecule has 9 heteroatoms. The van der Waals surface area contributed by atoms with Crippen LogP contribution in [0.25, 0.3) is 10.8 Å². The van der Waals surface area contributed by atoms with Crippen molar-refractivity contribution in [3.63, 3.8) is 0 Å². The van der Waals surface area contributed by atoms with E-state index in [2.05, 4.69) is 11.7 Å². The van der Waals surface area contributed by atoms with Crippen LogP contribution in [0, 0.1) is 29.5 Å². The fraction of sp³-hybridized carbons (Fsp3) is 0.607. The molecule has 2 aliphatic rings. The predicted molar refractivity (Wildman–Crippen MR) is 127 cm³/mol. The Morgan fingerprint density at radius 1 is 0.973 bits per heavy atom. The van der Waals surface area contributed by atoms with Crippen LogP contribution in [0.1, 0.15) is 64.7 Å².